The highest BCUT2D eigenvalue weighted by atomic mass is 32.2. The van der Waals surface area contributed by atoms with Crippen molar-refractivity contribution in [3.63, 3.8) is 0 Å². The first-order valence-electron chi connectivity index (χ1n) is 21.6. The number of allylic oxidation sites excluding steroid dienone is 7. The summed E-state index contributed by atoms with van der Waals surface area (Å²) in [4.78, 5) is 46.6. The summed E-state index contributed by atoms with van der Waals surface area (Å²) >= 11 is 1.22. The molecule has 13 nitrogen and oxygen atoms in total. The van der Waals surface area contributed by atoms with Gasteiger partial charge in [-0.15, -0.1) is 11.8 Å². The van der Waals surface area contributed by atoms with E-state index in [0.29, 0.717) is 6.42 Å². The van der Waals surface area contributed by atoms with E-state index in [0.717, 1.165) is 32.1 Å². The number of thioether (sulfide) groups is 1. The summed E-state index contributed by atoms with van der Waals surface area (Å²) in [6.07, 6.45) is 33.3. The molecule has 0 rings (SSSR count). The lowest BCUT2D eigenvalue weighted by Gasteiger charge is -2.22. The molecule has 5 atom stereocenters. The van der Waals surface area contributed by atoms with Crippen LogP contribution < -0.4 is 11.5 Å². The van der Waals surface area contributed by atoms with E-state index in [1.54, 1.807) is 12.2 Å². The average Bonchev–Trinajstić information content (AvgIpc) is 3.19. The first kappa shape index (κ1) is 55.7. The first-order chi connectivity index (χ1) is 27.9. The van der Waals surface area contributed by atoms with Gasteiger partial charge in [0, 0.05) is 30.4 Å². The molecule has 0 fully saturated rings. The fraction of sp³-hybridized carbons (Fsp3) is 0.744. The van der Waals surface area contributed by atoms with Crippen LogP contribution in [0.4, 0.5) is 0 Å². The molecule has 0 aliphatic carbocycles. The van der Waals surface area contributed by atoms with Gasteiger partial charge in [0.1, 0.15) is 12.6 Å². The van der Waals surface area contributed by atoms with Crippen LogP contribution in [0.1, 0.15) is 149 Å². The second-order valence-electron chi connectivity index (χ2n) is 14.4. The van der Waals surface area contributed by atoms with Crippen molar-refractivity contribution in [1.29, 1.82) is 0 Å². The maximum atomic E-state index is 12.9. The number of carbonyl (C=O) groups is 3. The van der Waals surface area contributed by atoms with Crippen LogP contribution in [0.5, 0.6) is 0 Å². The summed E-state index contributed by atoms with van der Waals surface area (Å²) in [6, 6.07) is -1.13. The van der Waals surface area contributed by atoms with Crippen molar-refractivity contribution < 1.29 is 52.6 Å². The predicted octanol–water partition coefficient (Wildman–Crippen LogP) is 8.87. The highest BCUT2D eigenvalue weighted by Gasteiger charge is 2.27. The maximum absolute atomic E-state index is 12.9. The lowest BCUT2D eigenvalue weighted by Crippen LogP contribution is -2.38. The van der Waals surface area contributed by atoms with Crippen molar-refractivity contribution in [2.75, 3.05) is 32.1 Å². The Morgan fingerprint density at radius 1 is 0.759 bits per heavy atom. The van der Waals surface area contributed by atoms with Gasteiger partial charge < -0.3 is 36.0 Å². The number of unbranched alkanes of at least 4 members (excludes halogenated alkanes) is 14. The van der Waals surface area contributed by atoms with Crippen LogP contribution in [0, 0.1) is 0 Å². The van der Waals surface area contributed by atoms with Crippen molar-refractivity contribution in [1.82, 2.24) is 0 Å². The van der Waals surface area contributed by atoms with E-state index in [1.807, 2.05) is 24.3 Å². The second kappa shape index (κ2) is 38.9. The van der Waals surface area contributed by atoms with Gasteiger partial charge in [0.2, 0.25) is 0 Å². The summed E-state index contributed by atoms with van der Waals surface area (Å²) in [6.45, 7) is 3.10. The van der Waals surface area contributed by atoms with Crippen LogP contribution in [0.25, 0.3) is 0 Å². The van der Waals surface area contributed by atoms with Crippen LogP contribution in [-0.2, 0) is 37.5 Å². The summed E-state index contributed by atoms with van der Waals surface area (Å²) < 4.78 is 32.8. The summed E-state index contributed by atoms with van der Waals surface area (Å²) in [5.41, 5.74) is 11.5. The number of rotatable bonds is 40. The van der Waals surface area contributed by atoms with E-state index < -0.39 is 62.4 Å². The zero-order chi connectivity index (χ0) is 43.1. The fourth-order valence-corrected chi connectivity index (χ4v) is 7.50. The monoisotopic (exact) mass is 860 g/mol. The van der Waals surface area contributed by atoms with Gasteiger partial charge in [-0.1, -0.05) is 146 Å². The van der Waals surface area contributed by atoms with Crippen LogP contribution in [0.3, 0.4) is 0 Å². The van der Waals surface area contributed by atoms with Crippen LogP contribution >= 0.6 is 19.6 Å². The number of carboxylic acids is 1. The molecule has 0 aliphatic heterocycles. The molecule has 0 aliphatic rings. The molecule has 1 unspecified atom stereocenters. The Balaban J connectivity index is 5.13. The van der Waals surface area contributed by atoms with Gasteiger partial charge in [-0.3, -0.25) is 23.4 Å². The summed E-state index contributed by atoms with van der Waals surface area (Å²) in [5, 5.41) is 19.4. The molecular weight excluding hydrogens is 784 g/mol. The number of ether oxygens (including phenoxy) is 2. The third-order valence-corrected chi connectivity index (χ3v) is 11.4. The average molecular weight is 861 g/mol. The molecule has 0 amide bonds. The Morgan fingerprint density at radius 2 is 1.38 bits per heavy atom. The van der Waals surface area contributed by atoms with Crippen molar-refractivity contribution in [2.45, 2.75) is 172 Å². The third kappa shape index (κ3) is 35.6. The minimum absolute atomic E-state index is 0.0136. The number of carboxylic acid groups (broad SMARTS) is 1. The minimum Gasteiger partial charge on any atom is -0.481 e. The lowest BCUT2D eigenvalue weighted by molar-refractivity contribution is -0.161. The lowest BCUT2D eigenvalue weighted by atomic mass is 10.0. The van der Waals surface area contributed by atoms with Crippen molar-refractivity contribution >= 4 is 37.5 Å². The Bertz CT molecular complexity index is 1220. The van der Waals surface area contributed by atoms with E-state index in [2.05, 4.69) is 26.0 Å². The van der Waals surface area contributed by atoms with Gasteiger partial charge >= 0.3 is 25.7 Å². The number of aliphatic hydroxyl groups is 1. The summed E-state index contributed by atoms with van der Waals surface area (Å²) in [7, 11) is -4.51. The van der Waals surface area contributed by atoms with Gasteiger partial charge in [-0.2, -0.15) is 0 Å². The Labute approximate surface area is 353 Å². The number of esters is 2. The number of hydrogen-bond donors (Lipinski definition) is 5. The molecule has 0 saturated carbocycles. The standard InChI is InChI=1S/C43H77N2O11PS/c1-3-5-7-9-11-13-15-17-19-21-23-25-29-40(39(46)28-27-30-41(47)48)58-36-38(45)43(50)53-34-37(35-55-57(51,52)54-33-32-44)56-42(49)31-26-24-22-20-18-16-14-12-10-8-6-4-2/h11,13,17,19,21,23,25,29,37-40,46H,3-10,12,14-16,18,20,22,24,26-28,30-36,44-45H2,1-2H3,(H,47,48)(H,51,52)/b13-11-,19-17-,23-21+,29-25+/t37-,38+,39+,40-/m1/s1. The molecule has 0 aromatic carbocycles. The minimum atomic E-state index is -4.51. The van der Waals surface area contributed by atoms with E-state index in [-0.39, 0.29) is 44.6 Å². The summed E-state index contributed by atoms with van der Waals surface area (Å²) in [5.74, 6) is -2.27. The SMILES string of the molecule is CCCCC/C=C\C\C=C/C=C/C=C/[C@@H](SC[C@H](N)C(=O)OC[C@H](COP(=O)(O)OCCN)OC(=O)CCCCCCCCCCCCCC)[C@@H](O)CCCC(=O)O. The smallest absolute Gasteiger partial charge is 0.472 e. The third-order valence-electron chi connectivity index (χ3n) is 8.96. The molecule has 0 heterocycles. The van der Waals surface area contributed by atoms with E-state index in [9.17, 15) is 28.9 Å². The van der Waals surface area contributed by atoms with E-state index in [4.69, 9.17) is 35.1 Å². The number of aliphatic hydroxyl groups excluding tert-OH is 1. The number of aliphatic carboxylic acids is 1. The molecule has 58 heavy (non-hydrogen) atoms. The van der Waals surface area contributed by atoms with Crippen LogP contribution in [0.2, 0.25) is 0 Å². The van der Waals surface area contributed by atoms with Crippen molar-refractivity contribution in [2.24, 2.45) is 11.5 Å². The van der Waals surface area contributed by atoms with E-state index in [1.165, 1.54) is 82.4 Å². The van der Waals surface area contributed by atoms with Gasteiger partial charge in [0.05, 0.1) is 19.3 Å². The van der Waals surface area contributed by atoms with Crippen LogP contribution in [0.15, 0.2) is 48.6 Å². The highest BCUT2D eigenvalue weighted by Crippen LogP contribution is 2.43. The molecule has 0 radical (unpaired) electrons. The van der Waals surface area contributed by atoms with Crippen molar-refractivity contribution in [3.05, 3.63) is 48.6 Å². The van der Waals surface area contributed by atoms with Gasteiger partial charge in [0.25, 0.3) is 0 Å². The molecule has 0 aromatic rings. The molecule has 7 N–H and O–H groups in total. The quantitative estimate of drug-likeness (QED) is 0.0128. The molecule has 0 bridgehead atoms. The van der Waals surface area contributed by atoms with Gasteiger partial charge in [0.15, 0.2) is 6.10 Å². The Hall–Kier alpha value is -2.29. The number of hydrogen-bond acceptors (Lipinski definition) is 12. The first-order valence-corrected chi connectivity index (χ1v) is 24.1. The zero-order valence-electron chi connectivity index (χ0n) is 35.4. The Morgan fingerprint density at radius 3 is 2.02 bits per heavy atom. The predicted molar refractivity (Wildman–Crippen MR) is 234 cm³/mol. The number of phosphoric acid groups is 1. The fourth-order valence-electron chi connectivity index (χ4n) is 5.60. The Kier molecular flexibility index (Phi) is 37.3. The molecule has 0 aromatic heterocycles. The molecule has 15 heteroatoms. The largest absolute Gasteiger partial charge is 0.481 e. The second-order valence-corrected chi connectivity index (χ2v) is 17.1. The zero-order valence-corrected chi connectivity index (χ0v) is 37.1. The van der Waals surface area contributed by atoms with Crippen LogP contribution in [-0.4, -0.2) is 88.6 Å². The van der Waals surface area contributed by atoms with Crippen molar-refractivity contribution in [3.8, 4) is 0 Å². The maximum Gasteiger partial charge on any atom is 0.472 e. The van der Waals surface area contributed by atoms with Gasteiger partial charge in [-0.05, 0) is 38.5 Å². The molecule has 0 spiro atoms. The van der Waals surface area contributed by atoms with E-state index >= 15 is 0 Å². The number of carbonyl (C=O) groups excluding carboxylic acids is 2. The van der Waals surface area contributed by atoms with Gasteiger partial charge in [-0.25, -0.2) is 4.57 Å². The molecule has 0 saturated heterocycles. The number of nitrogens with two attached hydrogens (primary N) is 2. The highest BCUT2D eigenvalue weighted by molar-refractivity contribution is 8.00. The molecular formula is C43H77N2O11PS. The topological polar surface area (TPSA) is 218 Å². The number of phosphoric ester groups is 1. The normalized spacial score (nSPS) is 15.3. The molecule has 336 valence electrons.